The van der Waals surface area contributed by atoms with Gasteiger partial charge in [-0.3, -0.25) is 0 Å². The molecule has 288 valence electrons. The molecule has 17 unspecified atom stereocenters. The summed E-state index contributed by atoms with van der Waals surface area (Å²) in [6.45, 7) is 6.71. The molecule has 0 amide bonds. The van der Waals surface area contributed by atoms with Crippen molar-refractivity contribution in [3.8, 4) is 6.07 Å². The Morgan fingerprint density at radius 1 is 0.538 bits per heavy atom. The molecule has 2 nitrogen and oxygen atoms in total. The molecular formula is C50H78N2. The number of fused-ring (bicyclic) bond motifs is 6. The van der Waals surface area contributed by atoms with Crippen LogP contribution in [0.15, 0.2) is 11.1 Å². The monoisotopic (exact) mass is 707 g/mol. The predicted octanol–water partition coefficient (Wildman–Crippen LogP) is 12.6. The second-order valence-corrected chi connectivity index (χ2v) is 22.6. The summed E-state index contributed by atoms with van der Waals surface area (Å²) in [6, 6.07) is 3.10. The van der Waals surface area contributed by atoms with E-state index in [4.69, 9.17) is 0 Å². The van der Waals surface area contributed by atoms with Crippen LogP contribution in [0.2, 0.25) is 0 Å². The topological polar surface area (TPSA) is 35.8 Å². The first-order chi connectivity index (χ1) is 25.4. The second-order valence-electron chi connectivity index (χ2n) is 22.6. The van der Waals surface area contributed by atoms with Crippen molar-refractivity contribution < 1.29 is 0 Å². The van der Waals surface area contributed by atoms with Crippen molar-refractivity contribution in [1.29, 1.82) is 5.26 Å². The Balaban J connectivity index is 0.835. The third kappa shape index (κ3) is 5.81. The number of hydrogen-bond acceptors (Lipinski definition) is 2. The van der Waals surface area contributed by atoms with E-state index in [0.29, 0.717) is 17.3 Å². The van der Waals surface area contributed by atoms with Crippen LogP contribution in [0.5, 0.6) is 0 Å². The van der Waals surface area contributed by atoms with E-state index in [-0.39, 0.29) is 0 Å². The molecule has 0 aromatic rings. The Morgan fingerprint density at radius 3 is 1.85 bits per heavy atom. The predicted molar refractivity (Wildman–Crippen MR) is 214 cm³/mol. The maximum Gasteiger partial charge on any atom is 0.0658 e. The summed E-state index contributed by atoms with van der Waals surface area (Å²) >= 11 is 0. The van der Waals surface area contributed by atoms with Gasteiger partial charge in [-0.15, -0.1) is 0 Å². The van der Waals surface area contributed by atoms with Crippen molar-refractivity contribution in [3.63, 3.8) is 0 Å². The minimum absolute atomic E-state index is 0.316. The maximum atomic E-state index is 11.0. The van der Waals surface area contributed by atoms with Crippen molar-refractivity contribution >= 4 is 0 Å². The van der Waals surface area contributed by atoms with Crippen molar-refractivity contribution in [2.45, 2.75) is 168 Å². The molecule has 2 heteroatoms. The normalized spacial score (nSPS) is 52.4. The van der Waals surface area contributed by atoms with Crippen LogP contribution in [0.4, 0.5) is 0 Å². The van der Waals surface area contributed by atoms with Crippen molar-refractivity contribution in [2.24, 2.45) is 112 Å². The molecule has 0 aromatic heterocycles. The third-order valence-electron chi connectivity index (χ3n) is 21.0. The minimum Gasteiger partial charge on any atom is -0.319 e. The molecule has 0 aromatic carbocycles. The van der Waals surface area contributed by atoms with Gasteiger partial charge < -0.3 is 5.32 Å². The average molecular weight is 707 g/mol. The summed E-state index contributed by atoms with van der Waals surface area (Å²) in [4.78, 5) is 0. The fourth-order valence-corrected chi connectivity index (χ4v) is 19.1. The Hall–Kier alpha value is -0.810. The van der Waals surface area contributed by atoms with Crippen LogP contribution in [0.1, 0.15) is 168 Å². The van der Waals surface area contributed by atoms with Gasteiger partial charge in [0.05, 0.1) is 6.07 Å². The fourth-order valence-electron chi connectivity index (χ4n) is 19.1. The molecule has 8 saturated carbocycles. The standard InChI is InChI=1S/C50H78N2/c1-50(2)47-26-33(32-16-15-30-9-4-5-10-31(30)23-32)17-19-40(47)41-20-18-34(27-48(41)50)45-24-35(28-51)46(25-36(45)29-52-3)39-21-22-44-38-12-7-6-11-37(38)42-13-8-14-43(39)49(42)44/h32-49,52H,4-27,29H2,1-3H3/t32?,33?,34?,35?,36?,37?,38?,39-,40?,41?,42?,43?,44?,45?,46?,47?,48?,49?/m0/s1. The lowest BCUT2D eigenvalue weighted by Crippen LogP contribution is -2.48. The summed E-state index contributed by atoms with van der Waals surface area (Å²) < 4.78 is 0. The Morgan fingerprint density at radius 2 is 1.13 bits per heavy atom. The molecule has 10 aliphatic carbocycles. The van der Waals surface area contributed by atoms with Gasteiger partial charge in [-0.1, -0.05) is 44.3 Å². The number of nitrogens with one attached hydrogen (secondary N) is 1. The maximum absolute atomic E-state index is 11.0. The molecule has 1 N–H and O–H groups in total. The van der Waals surface area contributed by atoms with Crippen LogP contribution in [-0.4, -0.2) is 13.6 Å². The van der Waals surface area contributed by atoms with Crippen LogP contribution in [0, 0.1) is 123 Å². The molecule has 10 rings (SSSR count). The molecule has 0 aliphatic heterocycles. The van der Waals surface area contributed by atoms with Crippen molar-refractivity contribution in [3.05, 3.63) is 11.1 Å². The largest absolute Gasteiger partial charge is 0.319 e. The number of nitriles is 1. The molecule has 8 fully saturated rings. The summed E-state index contributed by atoms with van der Waals surface area (Å²) in [7, 11) is 2.23. The van der Waals surface area contributed by atoms with E-state index in [0.717, 1.165) is 94.7 Å². The van der Waals surface area contributed by atoms with E-state index in [1.54, 1.807) is 38.5 Å². The van der Waals surface area contributed by atoms with Gasteiger partial charge in [-0.2, -0.15) is 5.26 Å². The van der Waals surface area contributed by atoms with Gasteiger partial charge in [0.2, 0.25) is 0 Å². The van der Waals surface area contributed by atoms with Gasteiger partial charge in [0.25, 0.3) is 0 Å². The molecule has 0 radical (unpaired) electrons. The van der Waals surface area contributed by atoms with Gasteiger partial charge in [0.1, 0.15) is 0 Å². The number of allylic oxidation sites excluding steroid dienone is 2. The summed E-state index contributed by atoms with van der Waals surface area (Å²) in [6.07, 6.45) is 35.6. The van der Waals surface area contributed by atoms with Crippen LogP contribution in [-0.2, 0) is 0 Å². The molecular weight excluding hydrogens is 629 g/mol. The van der Waals surface area contributed by atoms with E-state index in [2.05, 4.69) is 32.3 Å². The average Bonchev–Trinajstić information content (AvgIpc) is 3.63. The van der Waals surface area contributed by atoms with Gasteiger partial charge in [0.15, 0.2) is 0 Å². The zero-order chi connectivity index (χ0) is 35.1. The highest BCUT2D eigenvalue weighted by Gasteiger charge is 2.61. The Bertz CT molecular complexity index is 1350. The Labute approximate surface area is 320 Å². The summed E-state index contributed by atoms with van der Waals surface area (Å²) in [5.41, 5.74) is 4.33. The quantitative estimate of drug-likeness (QED) is 0.289. The molecule has 0 saturated heterocycles. The lowest BCUT2D eigenvalue weighted by atomic mass is 9.51. The van der Waals surface area contributed by atoms with E-state index in [1.165, 1.54) is 122 Å². The highest BCUT2D eigenvalue weighted by atomic mass is 14.8. The van der Waals surface area contributed by atoms with Crippen molar-refractivity contribution in [2.75, 3.05) is 13.6 Å². The first-order valence-electron chi connectivity index (χ1n) is 24.2. The molecule has 52 heavy (non-hydrogen) atoms. The summed E-state index contributed by atoms with van der Waals surface area (Å²) in [5, 5.41) is 14.8. The van der Waals surface area contributed by atoms with Crippen molar-refractivity contribution in [1.82, 2.24) is 5.32 Å². The van der Waals surface area contributed by atoms with Crippen LogP contribution < -0.4 is 5.32 Å². The van der Waals surface area contributed by atoms with Gasteiger partial charge in [0, 0.05) is 5.92 Å². The molecule has 0 bridgehead atoms. The van der Waals surface area contributed by atoms with E-state index in [9.17, 15) is 5.26 Å². The lowest BCUT2D eigenvalue weighted by Gasteiger charge is -2.53. The zero-order valence-corrected chi connectivity index (χ0v) is 34.0. The molecule has 10 aliphatic rings. The number of nitrogens with zero attached hydrogens (tertiary/aromatic N) is 1. The number of hydrogen-bond donors (Lipinski definition) is 1. The van der Waals surface area contributed by atoms with E-state index < -0.39 is 0 Å². The zero-order valence-electron chi connectivity index (χ0n) is 34.0. The molecule has 0 spiro atoms. The third-order valence-corrected chi connectivity index (χ3v) is 21.0. The van der Waals surface area contributed by atoms with Crippen LogP contribution >= 0.6 is 0 Å². The highest BCUT2D eigenvalue weighted by molar-refractivity contribution is 5.21. The Kier molecular flexibility index (Phi) is 9.78. The minimum atomic E-state index is 0.316. The van der Waals surface area contributed by atoms with Gasteiger partial charge in [-0.25, -0.2) is 0 Å². The van der Waals surface area contributed by atoms with Crippen LogP contribution in [0.3, 0.4) is 0 Å². The first-order valence-corrected chi connectivity index (χ1v) is 24.2. The fraction of sp³-hybridized carbons (Fsp3) is 0.940. The number of rotatable bonds is 5. The SMILES string of the molecule is CNCC1CC([C@H]2CCC3C4CCCCC4C4CCCC2C43)C(C#N)CC1C1CCC2C3CCC(C4CCC5=C(CCCC5)C4)CC3C(C)(C)C2C1. The second kappa shape index (κ2) is 14.3. The van der Waals surface area contributed by atoms with Crippen LogP contribution in [0.25, 0.3) is 0 Å². The molecule has 18 atom stereocenters. The van der Waals surface area contributed by atoms with Gasteiger partial charge in [-0.05, 0) is 254 Å². The smallest absolute Gasteiger partial charge is 0.0658 e. The summed E-state index contributed by atoms with van der Waals surface area (Å²) in [5.74, 6) is 16.4. The highest BCUT2D eigenvalue weighted by Crippen LogP contribution is 2.68. The van der Waals surface area contributed by atoms with Gasteiger partial charge >= 0.3 is 0 Å². The first kappa shape index (κ1) is 35.6. The van der Waals surface area contributed by atoms with E-state index in [1.807, 2.05) is 11.1 Å². The lowest BCUT2D eigenvalue weighted by molar-refractivity contribution is -0.0402. The van der Waals surface area contributed by atoms with E-state index >= 15 is 0 Å². The molecule has 0 heterocycles.